The minimum atomic E-state index is -3.52. The van der Waals surface area contributed by atoms with E-state index in [9.17, 15) is 13.2 Å². The Morgan fingerprint density at radius 3 is 2.46 bits per heavy atom. The zero-order chi connectivity index (χ0) is 19.9. The van der Waals surface area contributed by atoms with Crippen LogP contribution in [0, 0.1) is 0 Å². The highest BCUT2D eigenvalue weighted by Crippen LogP contribution is 2.32. The van der Waals surface area contributed by atoms with Gasteiger partial charge in [-0.2, -0.15) is 0 Å². The molecule has 9 heteroatoms. The lowest BCUT2D eigenvalue weighted by atomic mass is 10.2. The fraction of sp³-hybridized carbons (Fsp3) is 0.263. The van der Waals surface area contributed by atoms with Crippen LogP contribution in [0.3, 0.4) is 0 Å². The van der Waals surface area contributed by atoms with Gasteiger partial charge in [0.2, 0.25) is 10.0 Å². The maximum atomic E-state index is 12.3. The molecule has 4 rings (SSSR count). The molecule has 0 N–H and O–H groups in total. The van der Waals surface area contributed by atoms with Gasteiger partial charge in [-0.15, -0.1) is 0 Å². The SMILES string of the molecule is CN(C)S(=O)(=O)c1ccc(C(=O)OC2CN(c3nc4ccccc4s3)C2)cc1. The average Bonchev–Trinajstić information content (AvgIpc) is 3.07. The van der Waals surface area contributed by atoms with E-state index in [-0.39, 0.29) is 11.0 Å². The van der Waals surface area contributed by atoms with Gasteiger partial charge in [0.25, 0.3) is 0 Å². The third-order valence-electron chi connectivity index (χ3n) is 4.54. The number of anilines is 1. The van der Waals surface area contributed by atoms with Crippen molar-refractivity contribution in [3.63, 3.8) is 0 Å². The van der Waals surface area contributed by atoms with Crippen LogP contribution in [-0.4, -0.2) is 57.0 Å². The number of sulfonamides is 1. The molecule has 28 heavy (non-hydrogen) atoms. The number of para-hydroxylation sites is 1. The maximum Gasteiger partial charge on any atom is 0.338 e. The molecule has 1 aliphatic rings. The van der Waals surface area contributed by atoms with Crippen LogP contribution in [0.25, 0.3) is 10.2 Å². The fourth-order valence-electron chi connectivity index (χ4n) is 2.86. The Balaban J connectivity index is 1.36. The minimum absolute atomic E-state index is 0.139. The molecule has 0 radical (unpaired) electrons. The maximum absolute atomic E-state index is 12.3. The predicted molar refractivity (Wildman–Crippen MR) is 108 cm³/mol. The van der Waals surface area contributed by atoms with Crippen LogP contribution in [0.4, 0.5) is 5.13 Å². The summed E-state index contributed by atoms with van der Waals surface area (Å²) >= 11 is 1.62. The molecule has 1 aliphatic heterocycles. The number of hydrogen-bond donors (Lipinski definition) is 0. The van der Waals surface area contributed by atoms with E-state index in [0.29, 0.717) is 18.7 Å². The van der Waals surface area contributed by atoms with Crippen molar-refractivity contribution in [2.45, 2.75) is 11.0 Å². The van der Waals surface area contributed by atoms with Gasteiger partial charge in [-0.1, -0.05) is 23.5 Å². The number of ether oxygens (including phenoxy) is 1. The van der Waals surface area contributed by atoms with Gasteiger partial charge in [0, 0.05) is 14.1 Å². The molecule has 146 valence electrons. The molecule has 2 heterocycles. The van der Waals surface area contributed by atoms with Crippen molar-refractivity contribution in [2.75, 3.05) is 32.1 Å². The van der Waals surface area contributed by atoms with E-state index in [2.05, 4.69) is 9.88 Å². The first-order valence-electron chi connectivity index (χ1n) is 8.69. The van der Waals surface area contributed by atoms with Gasteiger partial charge in [0.1, 0.15) is 6.10 Å². The van der Waals surface area contributed by atoms with Crippen molar-refractivity contribution in [2.24, 2.45) is 0 Å². The summed E-state index contributed by atoms with van der Waals surface area (Å²) in [6.07, 6.45) is -0.204. The number of rotatable bonds is 5. The molecule has 2 aromatic carbocycles. The van der Waals surface area contributed by atoms with E-state index >= 15 is 0 Å². The van der Waals surface area contributed by atoms with Gasteiger partial charge in [0.15, 0.2) is 5.13 Å². The molecule has 0 bridgehead atoms. The Bertz CT molecular complexity index is 1080. The van der Waals surface area contributed by atoms with Crippen LogP contribution in [0.2, 0.25) is 0 Å². The second kappa shape index (κ2) is 7.16. The molecule has 0 saturated carbocycles. The summed E-state index contributed by atoms with van der Waals surface area (Å²) in [6.45, 7) is 1.19. The van der Waals surface area contributed by atoms with E-state index in [1.54, 1.807) is 11.3 Å². The Morgan fingerprint density at radius 1 is 1.14 bits per heavy atom. The first kappa shape index (κ1) is 18.9. The quantitative estimate of drug-likeness (QED) is 0.594. The van der Waals surface area contributed by atoms with Crippen molar-refractivity contribution >= 4 is 42.7 Å². The van der Waals surface area contributed by atoms with Gasteiger partial charge in [-0.25, -0.2) is 22.5 Å². The fourth-order valence-corrected chi connectivity index (χ4v) is 4.74. The predicted octanol–water partition coefficient (Wildman–Crippen LogP) is 2.59. The molecule has 1 aromatic heterocycles. The molecule has 0 amide bonds. The highest BCUT2D eigenvalue weighted by Gasteiger charge is 2.32. The largest absolute Gasteiger partial charge is 0.455 e. The molecule has 0 spiro atoms. The van der Waals surface area contributed by atoms with E-state index in [1.165, 1.54) is 38.4 Å². The number of thiazole rings is 1. The van der Waals surface area contributed by atoms with Crippen molar-refractivity contribution < 1.29 is 17.9 Å². The number of carbonyl (C=O) groups is 1. The molecule has 1 fully saturated rings. The average molecular weight is 418 g/mol. The summed E-state index contributed by atoms with van der Waals surface area (Å²) in [5, 5.41) is 0.923. The van der Waals surface area contributed by atoms with Crippen LogP contribution >= 0.6 is 11.3 Å². The number of hydrogen-bond acceptors (Lipinski definition) is 7. The van der Waals surface area contributed by atoms with Gasteiger partial charge >= 0.3 is 5.97 Å². The van der Waals surface area contributed by atoms with Crippen LogP contribution in [0.15, 0.2) is 53.4 Å². The van der Waals surface area contributed by atoms with Crippen LogP contribution in [0.5, 0.6) is 0 Å². The first-order chi connectivity index (χ1) is 13.3. The highest BCUT2D eigenvalue weighted by atomic mass is 32.2. The van der Waals surface area contributed by atoms with Gasteiger partial charge in [-0.05, 0) is 36.4 Å². The zero-order valence-electron chi connectivity index (χ0n) is 15.4. The van der Waals surface area contributed by atoms with Crippen molar-refractivity contribution in [1.29, 1.82) is 0 Å². The molecule has 0 aliphatic carbocycles. The summed E-state index contributed by atoms with van der Waals surface area (Å²) in [7, 11) is -0.589. The van der Waals surface area contributed by atoms with Crippen LogP contribution in [-0.2, 0) is 14.8 Å². The third-order valence-corrected chi connectivity index (χ3v) is 7.47. The lowest BCUT2D eigenvalue weighted by Crippen LogP contribution is -2.53. The Morgan fingerprint density at radius 2 is 1.82 bits per heavy atom. The van der Waals surface area contributed by atoms with E-state index in [4.69, 9.17) is 4.74 Å². The topological polar surface area (TPSA) is 79.8 Å². The lowest BCUT2D eigenvalue weighted by molar-refractivity contribution is 0.0234. The van der Waals surface area contributed by atoms with E-state index < -0.39 is 16.0 Å². The minimum Gasteiger partial charge on any atom is -0.455 e. The normalized spacial score (nSPS) is 15.0. The van der Waals surface area contributed by atoms with Crippen LogP contribution < -0.4 is 4.90 Å². The second-order valence-corrected chi connectivity index (χ2v) is 9.87. The molecule has 0 atom stereocenters. The molecular formula is C19H19N3O4S2. The number of aromatic nitrogens is 1. The monoisotopic (exact) mass is 417 g/mol. The zero-order valence-corrected chi connectivity index (χ0v) is 17.0. The smallest absolute Gasteiger partial charge is 0.338 e. The Hall–Kier alpha value is -2.49. The van der Waals surface area contributed by atoms with Crippen LogP contribution in [0.1, 0.15) is 10.4 Å². The first-order valence-corrected chi connectivity index (χ1v) is 10.9. The molecule has 1 saturated heterocycles. The van der Waals surface area contributed by atoms with Gasteiger partial charge in [0.05, 0.1) is 33.8 Å². The number of benzene rings is 2. The van der Waals surface area contributed by atoms with Crippen molar-refractivity contribution in [3.05, 3.63) is 54.1 Å². The standard InChI is InChI=1S/C19H19N3O4S2/c1-21(2)28(24,25)15-9-7-13(8-10-15)18(23)26-14-11-22(12-14)19-20-16-5-3-4-6-17(16)27-19/h3-10,14H,11-12H2,1-2H3. The highest BCUT2D eigenvalue weighted by molar-refractivity contribution is 7.89. The van der Waals surface area contributed by atoms with E-state index in [1.807, 2.05) is 24.3 Å². The summed E-state index contributed by atoms with van der Waals surface area (Å²) in [5.74, 6) is -0.456. The summed E-state index contributed by atoms with van der Waals surface area (Å²) in [5.41, 5.74) is 1.30. The molecule has 0 unspecified atom stereocenters. The Labute approximate surface area is 167 Å². The van der Waals surface area contributed by atoms with Gasteiger partial charge in [-0.3, -0.25) is 0 Å². The lowest BCUT2D eigenvalue weighted by Gasteiger charge is -2.38. The molecule has 3 aromatic rings. The Kier molecular flexibility index (Phi) is 4.82. The van der Waals surface area contributed by atoms with Crippen molar-refractivity contribution in [3.8, 4) is 0 Å². The summed E-state index contributed by atoms with van der Waals surface area (Å²) in [6, 6.07) is 13.7. The second-order valence-electron chi connectivity index (χ2n) is 6.71. The number of nitrogens with zero attached hydrogens (tertiary/aromatic N) is 3. The number of fused-ring (bicyclic) bond motifs is 1. The third kappa shape index (κ3) is 3.48. The molecule has 7 nitrogen and oxygen atoms in total. The number of esters is 1. The molecular weight excluding hydrogens is 398 g/mol. The number of carbonyl (C=O) groups excluding carboxylic acids is 1. The van der Waals surface area contributed by atoms with E-state index in [0.717, 1.165) is 19.7 Å². The summed E-state index contributed by atoms with van der Waals surface area (Å²) in [4.78, 5) is 19.1. The summed E-state index contributed by atoms with van der Waals surface area (Å²) < 4.78 is 31.9. The van der Waals surface area contributed by atoms with Gasteiger partial charge < -0.3 is 9.64 Å². The van der Waals surface area contributed by atoms with Crippen molar-refractivity contribution in [1.82, 2.24) is 9.29 Å².